The summed E-state index contributed by atoms with van der Waals surface area (Å²) in [6.07, 6.45) is 4.80. The van der Waals surface area contributed by atoms with E-state index in [1.807, 2.05) is 0 Å². The summed E-state index contributed by atoms with van der Waals surface area (Å²) in [4.78, 5) is 4.03. The number of nitriles is 1. The predicted octanol–water partition coefficient (Wildman–Crippen LogP) is 2.01. The van der Waals surface area contributed by atoms with Crippen molar-refractivity contribution >= 4 is 12.0 Å². The fourth-order valence-electron chi connectivity index (χ4n) is 1.71. The van der Waals surface area contributed by atoms with Crippen LogP contribution in [0.25, 0.3) is 0 Å². The topological polar surface area (TPSA) is 56.9 Å². The average molecular weight is 192 g/mol. The van der Waals surface area contributed by atoms with Crippen LogP contribution in [0.5, 0.6) is 0 Å². The van der Waals surface area contributed by atoms with E-state index >= 15 is 0 Å². The van der Waals surface area contributed by atoms with Crippen molar-refractivity contribution in [1.29, 1.82) is 5.26 Å². The molecule has 2 rings (SSSR count). The Kier molecular flexibility index (Phi) is 2.21. The minimum atomic E-state index is 0.433. The fraction of sp³-hybridized carbons (Fsp3) is 0.333. The van der Waals surface area contributed by atoms with Crippen LogP contribution in [-0.2, 0) is 12.8 Å². The van der Waals surface area contributed by atoms with E-state index in [2.05, 4.69) is 11.1 Å². The molecule has 66 valence electrons. The number of fused-ring (bicyclic) bond motifs is 1. The molecule has 0 bridgehead atoms. The Labute approximate surface area is 80.6 Å². The molecule has 0 spiro atoms. The highest BCUT2D eigenvalue weighted by molar-refractivity contribution is 7.93. The smallest absolute Gasteiger partial charge is 0.141 e. The maximum atomic E-state index is 8.90. The first kappa shape index (κ1) is 8.54. The maximum Gasteiger partial charge on any atom is 0.141 e. The Hall–Kier alpha value is -1.05. The molecule has 0 aromatic carbocycles. The monoisotopic (exact) mass is 192 g/mol. The van der Waals surface area contributed by atoms with Gasteiger partial charge in [-0.3, -0.25) is 0 Å². The van der Waals surface area contributed by atoms with Crippen LogP contribution in [-0.4, -0.2) is 9.54 Å². The summed E-state index contributed by atoms with van der Waals surface area (Å²) in [6, 6.07) is 2.10. The Bertz CT molecular complexity index is 384. The Balaban J connectivity index is 2.61. The summed E-state index contributed by atoms with van der Waals surface area (Å²) in [5.74, 6) is 0. The maximum absolute atomic E-state index is 8.90. The molecule has 1 heterocycles. The molecule has 0 saturated carbocycles. The van der Waals surface area contributed by atoms with Crippen LogP contribution < -0.4 is 0 Å². The lowest BCUT2D eigenvalue weighted by atomic mass is 10.1. The molecule has 0 saturated heterocycles. The zero-order chi connectivity index (χ0) is 9.26. The molecular formula is C9H8N2OS. The van der Waals surface area contributed by atoms with Gasteiger partial charge in [0.15, 0.2) is 0 Å². The van der Waals surface area contributed by atoms with Gasteiger partial charge in [0, 0.05) is 18.2 Å². The quantitative estimate of drug-likeness (QED) is 0.691. The summed E-state index contributed by atoms with van der Waals surface area (Å²) >= 11 is 0.552. The number of nitrogens with zero attached hydrogens (tertiary/aromatic N) is 2. The first-order valence-electron chi connectivity index (χ1n) is 4.09. The van der Waals surface area contributed by atoms with E-state index in [1.165, 1.54) is 0 Å². The van der Waals surface area contributed by atoms with Crippen molar-refractivity contribution in [2.45, 2.75) is 24.3 Å². The molecule has 1 aliphatic carbocycles. The van der Waals surface area contributed by atoms with Crippen LogP contribution >= 0.6 is 12.0 Å². The molecule has 1 aromatic heterocycles. The summed E-state index contributed by atoms with van der Waals surface area (Å²) in [6.45, 7) is 0. The van der Waals surface area contributed by atoms with Gasteiger partial charge in [0.25, 0.3) is 0 Å². The van der Waals surface area contributed by atoms with Crippen LogP contribution in [0.4, 0.5) is 0 Å². The zero-order valence-corrected chi connectivity index (χ0v) is 7.77. The van der Waals surface area contributed by atoms with Gasteiger partial charge >= 0.3 is 0 Å². The van der Waals surface area contributed by atoms with E-state index in [4.69, 9.17) is 9.81 Å². The molecule has 0 radical (unpaired) electrons. The molecule has 3 nitrogen and oxygen atoms in total. The van der Waals surface area contributed by atoms with Crippen molar-refractivity contribution in [2.75, 3.05) is 0 Å². The van der Waals surface area contributed by atoms with Gasteiger partial charge in [0.05, 0.1) is 5.56 Å². The van der Waals surface area contributed by atoms with E-state index in [0.29, 0.717) is 22.6 Å². The highest BCUT2D eigenvalue weighted by Gasteiger charge is 2.18. The SMILES string of the molecule is N#Cc1c(SO)ncc2c1CCC2. The van der Waals surface area contributed by atoms with Gasteiger partial charge in [-0.05, 0) is 30.4 Å². The molecule has 1 aliphatic rings. The normalized spacial score (nSPS) is 13.8. The molecular weight excluding hydrogens is 184 g/mol. The number of aromatic nitrogens is 1. The lowest BCUT2D eigenvalue weighted by Gasteiger charge is -2.03. The van der Waals surface area contributed by atoms with E-state index in [9.17, 15) is 0 Å². The van der Waals surface area contributed by atoms with Gasteiger partial charge in [-0.1, -0.05) is 0 Å². The molecule has 0 amide bonds. The minimum Gasteiger partial charge on any atom is -0.324 e. The number of pyridine rings is 1. The van der Waals surface area contributed by atoms with Crippen molar-refractivity contribution in [2.24, 2.45) is 0 Å². The van der Waals surface area contributed by atoms with Crippen LogP contribution in [0, 0.1) is 11.3 Å². The third-order valence-corrected chi connectivity index (χ3v) is 2.79. The van der Waals surface area contributed by atoms with Crippen molar-refractivity contribution in [3.05, 3.63) is 22.9 Å². The van der Waals surface area contributed by atoms with Crippen molar-refractivity contribution in [3.8, 4) is 6.07 Å². The molecule has 0 unspecified atom stereocenters. The predicted molar refractivity (Wildman–Crippen MR) is 49.5 cm³/mol. The average Bonchev–Trinajstić information content (AvgIpc) is 2.63. The number of aryl methyl sites for hydroxylation is 1. The standard InChI is InChI=1S/C9H8N2OS/c10-4-8-7-3-1-2-6(7)5-11-9(8)13-12/h5,12H,1-3H2. The molecule has 1 N–H and O–H groups in total. The third-order valence-electron chi connectivity index (χ3n) is 2.31. The first-order chi connectivity index (χ1) is 6.36. The van der Waals surface area contributed by atoms with Gasteiger partial charge in [0.1, 0.15) is 11.1 Å². The van der Waals surface area contributed by atoms with E-state index < -0.39 is 0 Å². The van der Waals surface area contributed by atoms with E-state index in [1.54, 1.807) is 6.20 Å². The van der Waals surface area contributed by atoms with Gasteiger partial charge < -0.3 is 4.55 Å². The molecule has 0 fully saturated rings. The Morgan fingerprint density at radius 1 is 1.54 bits per heavy atom. The highest BCUT2D eigenvalue weighted by Crippen LogP contribution is 2.29. The summed E-state index contributed by atoms with van der Waals surface area (Å²) in [5.41, 5.74) is 2.80. The molecule has 13 heavy (non-hydrogen) atoms. The minimum absolute atomic E-state index is 0.433. The van der Waals surface area contributed by atoms with E-state index in [0.717, 1.165) is 30.4 Å². The second kappa shape index (κ2) is 3.36. The number of hydrogen-bond donors (Lipinski definition) is 1. The summed E-state index contributed by atoms with van der Waals surface area (Å²) in [5, 5.41) is 9.33. The molecule has 0 atom stereocenters. The lowest BCUT2D eigenvalue weighted by molar-refractivity contribution is 0.659. The number of rotatable bonds is 1. The van der Waals surface area contributed by atoms with Crippen LogP contribution in [0.15, 0.2) is 11.2 Å². The largest absolute Gasteiger partial charge is 0.324 e. The Morgan fingerprint density at radius 2 is 2.38 bits per heavy atom. The van der Waals surface area contributed by atoms with Crippen LogP contribution in [0.1, 0.15) is 23.1 Å². The van der Waals surface area contributed by atoms with Gasteiger partial charge in [0.2, 0.25) is 0 Å². The van der Waals surface area contributed by atoms with Crippen molar-refractivity contribution in [3.63, 3.8) is 0 Å². The molecule has 1 aromatic rings. The second-order valence-corrected chi connectivity index (χ2v) is 3.57. The zero-order valence-electron chi connectivity index (χ0n) is 6.95. The highest BCUT2D eigenvalue weighted by atomic mass is 32.2. The van der Waals surface area contributed by atoms with Crippen molar-refractivity contribution < 1.29 is 4.55 Å². The summed E-state index contributed by atoms with van der Waals surface area (Å²) < 4.78 is 8.88. The first-order valence-corrected chi connectivity index (χ1v) is 4.86. The second-order valence-electron chi connectivity index (χ2n) is 3.00. The van der Waals surface area contributed by atoms with Gasteiger partial charge in [-0.25, -0.2) is 4.98 Å². The van der Waals surface area contributed by atoms with Gasteiger partial charge in [-0.15, -0.1) is 0 Å². The third kappa shape index (κ3) is 1.30. The van der Waals surface area contributed by atoms with E-state index in [-0.39, 0.29) is 0 Å². The summed E-state index contributed by atoms with van der Waals surface area (Å²) in [7, 11) is 0. The molecule has 4 heteroatoms. The van der Waals surface area contributed by atoms with Crippen molar-refractivity contribution in [1.82, 2.24) is 4.98 Å². The number of hydrogen-bond acceptors (Lipinski definition) is 4. The Morgan fingerprint density at radius 3 is 3.08 bits per heavy atom. The lowest BCUT2D eigenvalue weighted by Crippen LogP contribution is -1.94. The molecule has 0 aliphatic heterocycles. The van der Waals surface area contributed by atoms with Crippen LogP contribution in [0.3, 0.4) is 0 Å². The van der Waals surface area contributed by atoms with Gasteiger partial charge in [-0.2, -0.15) is 5.26 Å². The van der Waals surface area contributed by atoms with Crippen LogP contribution in [0.2, 0.25) is 0 Å². The fourth-order valence-corrected chi connectivity index (χ4v) is 2.07.